The van der Waals surface area contributed by atoms with Gasteiger partial charge in [0.1, 0.15) is 5.69 Å². The molecule has 5 heteroatoms. The van der Waals surface area contributed by atoms with Gasteiger partial charge in [-0.2, -0.15) is 5.10 Å². The molecule has 2 aromatic rings. The van der Waals surface area contributed by atoms with E-state index in [0.29, 0.717) is 0 Å². The molecule has 102 valence electrons. The van der Waals surface area contributed by atoms with Gasteiger partial charge in [0, 0.05) is 11.9 Å². The second kappa shape index (κ2) is 6.12. The lowest BCUT2D eigenvalue weighted by molar-refractivity contribution is 0.402. The third kappa shape index (κ3) is 2.77. The van der Waals surface area contributed by atoms with Gasteiger partial charge in [-0.1, -0.05) is 12.1 Å². The predicted octanol–water partition coefficient (Wildman–Crippen LogP) is 2.46. The van der Waals surface area contributed by atoms with Gasteiger partial charge in [0.05, 0.1) is 19.3 Å². The Hall–Kier alpha value is -1.46. The first-order valence-electron chi connectivity index (χ1n) is 6.08. The molecule has 1 aromatic carbocycles. The molecule has 4 nitrogen and oxygen atoms in total. The first-order valence-corrected chi connectivity index (χ1v) is 7.30. The van der Waals surface area contributed by atoms with E-state index in [9.17, 15) is 0 Å². The molecule has 1 heterocycles. The van der Waals surface area contributed by atoms with Crippen LogP contribution in [-0.4, -0.2) is 30.2 Å². The van der Waals surface area contributed by atoms with Crippen molar-refractivity contribution in [1.29, 1.82) is 0 Å². The molecule has 1 aromatic heterocycles. The van der Waals surface area contributed by atoms with Crippen LogP contribution in [0.15, 0.2) is 35.4 Å². The Bertz CT molecular complexity index is 536. The summed E-state index contributed by atoms with van der Waals surface area (Å²) in [4.78, 5) is 1.26. The number of aryl methyl sites for hydroxylation is 1. The van der Waals surface area contributed by atoms with E-state index >= 15 is 0 Å². The number of hydrogen-bond donors (Lipinski definition) is 1. The highest BCUT2D eigenvalue weighted by Crippen LogP contribution is 2.30. The molecule has 0 saturated carbocycles. The summed E-state index contributed by atoms with van der Waals surface area (Å²) in [6.45, 7) is 0. The summed E-state index contributed by atoms with van der Waals surface area (Å²) >= 11 is 1.74. The van der Waals surface area contributed by atoms with Crippen molar-refractivity contribution in [3.63, 3.8) is 0 Å². The van der Waals surface area contributed by atoms with E-state index in [1.54, 1.807) is 25.1 Å². The molecule has 0 amide bonds. The fourth-order valence-electron chi connectivity index (χ4n) is 2.17. The molecule has 0 radical (unpaired) electrons. The van der Waals surface area contributed by atoms with Crippen LogP contribution in [0.5, 0.6) is 5.75 Å². The molecule has 0 fully saturated rings. The van der Waals surface area contributed by atoms with E-state index in [4.69, 9.17) is 4.74 Å². The zero-order valence-electron chi connectivity index (χ0n) is 11.7. The second-order valence-corrected chi connectivity index (χ2v) is 5.10. The summed E-state index contributed by atoms with van der Waals surface area (Å²) in [5, 5.41) is 7.59. The van der Waals surface area contributed by atoms with Crippen molar-refractivity contribution in [2.24, 2.45) is 7.05 Å². The molecule has 2 rings (SSSR count). The van der Waals surface area contributed by atoms with Gasteiger partial charge < -0.3 is 10.1 Å². The lowest BCUT2D eigenvalue weighted by Crippen LogP contribution is -2.21. The highest BCUT2D eigenvalue weighted by Gasteiger charge is 2.20. The summed E-state index contributed by atoms with van der Waals surface area (Å²) in [6, 6.07) is 8.61. The molecular weight excluding hydrogens is 258 g/mol. The molecule has 0 spiro atoms. The number of aromatic nitrogens is 2. The van der Waals surface area contributed by atoms with Crippen molar-refractivity contribution in [3.8, 4) is 5.75 Å². The molecule has 1 unspecified atom stereocenters. The Morgan fingerprint density at radius 1 is 1.32 bits per heavy atom. The lowest BCUT2D eigenvalue weighted by atomic mass is 10.0. The number of benzene rings is 1. The van der Waals surface area contributed by atoms with Gasteiger partial charge in [0.15, 0.2) is 5.75 Å². The van der Waals surface area contributed by atoms with Crippen LogP contribution in [0.3, 0.4) is 0 Å². The van der Waals surface area contributed by atoms with Crippen LogP contribution in [0.25, 0.3) is 0 Å². The molecule has 0 bridgehead atoms. The molecule has 0 saturated heterocycles. The minimum absolute atomic E-state index is 0.0679. The molecule has 1 N–H and O–H groups in total. The van der Waals surface area contributed by atoms with Gasteiger partial charge in [0.2, 0.25) is 0 Å². The summed E-state index contributed by atoms with van der Waals surface area (Å²) in [5.74, 6) is 0.802. The molecule has 0 aliphatic rings. The van der Waals surface area contributed by atoms with E-state index in [2.05, 4.69) is 40.9 Å². The smallest absolute Gasteiger partial charge is 0.161 e. The van der Waals surface area contributed by atoms with Gasteiger partial charge in [-0.15, -0.1) is 11.8 Å². The predicted molar refractivity (Wildman–Crippen MR) is 78.9 cm³/mol. The summed E-state index contributed by atoms with van der Waals surface area (Å²) in [7, 11) is 5.54. The van der Waals surface area contributed by atoms with Gasteiger partial charge in [-0.25, -0.2) is 0 Å². The quantitative estimate of drug-likeness (QED) is 0.852. The monoisotopic (exact) mass is 277 g/mol. The largest absolute Gasteiger partial charge is 0.493 e. The number of nitrogens with zero attached hydrogens (tertiary/aromatic N) is 2. The Morgan fingerprint density at radius 3 is 2.53 bits per heavy atom. The highest BCUT2D eigenvalue weighted by atomic mass is 32.2. The Morgan fingerprint density at radius 2 is 2.00 bits per heavy atom. The SMILES string of the molecule is CNC(c1ccc(SC)cc1)c1c(OC)cnn1C. The van der Waals surface area contributed by atoms with Gasteiger partial charge >= 0.3 is 0 Å². The molecule has 0 aliphatic heterocycles. The maximum absolute atomic E-state index is 5.39. The van der Waals surface area contributed by atoms with Crippen molar-refractivity contribution >= 4 is 11.8 Å². The minimum Gasteiger partial charge on any atom is -0.493 e. The number of methoxy groups -OCH3 is 1. The van der Waals surface area contributed by atoms with Gasteiger partial charge in [-0.3, -0.25) is 4.68 Å². The number of thioether (sulfide) groups is 1. The van der Waals surface area contributed by atoms with Crippen LogP contribution in [0, 0.1) is 0 Å². The van der Waals surface area contributed by atoms with Crippen LogP contribution >= 0.6 is 11.8 Å². The van der Waals surface area contributed by atoms with Crippen molar-refractivity contribution in [1.82, 2.24) is 15.1 Å². The first kappa shape index (κ1) is 14.0. The molecule has 1 atom stereocenters. The van der Waals surface area contributed by atoms with Crippen molar-refractivity contribution in [2.45, 2.75) is 10.9 Å². The van der Waals surface area contributed by atoms with E-state index < -0.39 is 0 Å². The maximum atomic E-state index is 5.39. The Balaban J connectivity index is 2.40. The van der Waals surface area contributed by atoms with Crippen LogP contribution in [0.4, 0.5) is 0 Å². The lowest BCUT2D eigenvalue weighted by Gasteiger charge is -2.18. The van der Waals surface area contributed by atoms with E-state index in [1.165, 1.54) is 10.5 Å². The van der Waals surface area contributed by atoms with Crippen LogP contribution < -0.4 is 10.1 Å². The Labute approximate surface area is 118 Å². The van der Waals surface area contributed by atoms with E-state index in [0.717, 1.165) is 11.4 Å². The standard InChI is InChI=1S/C14H19N3OS/c1-15-13(10-5-7-11(19-4)8-6-10)14-12(18-3)9-16-17(14)2/h5-9,13,15H,1-4H3. The fourth-order valence-corrected chi connectivity index (χ4v) is 2.58. The fraction of sp³-hybridized carbons (Fsp3) is 0.357. The van der Waals surface area contributed by atoms with Gasteiger partial charge in [0.25, 0.3) is 0 Å². The Kier molecular flexibility index (Phi) is 4.50. The minimum atomic E-state index is 0.0679. The molecule has 0 aliphatic carbocycles. The highest BCUT2D eigenvalue weighted by molar-refractivity contribution is 7.98. The topological polar surface area (TPSA) is 39.1 Å². The van der Waals surface area contributed by atoms with Crippen LogP contribution in [-0.2, 0) is 7.05 Å². The number of hydrogen-bond acceptors (Lipinski definition) is 4. The third-order valence-corrected chi connectivity index (χ3v) is 3.92. The van der Waals surface area contributed by atoms with Crippen LogP contribution in [0.2, 0.25) is 0 Å². The van der Waals surface area contributed by atoms with Crippen LogP contribution in [0.1, 0.15) is 17.3 Å². The number of rotatable bonds is 5. The average Bonchev–Trinajstić information content (AvgIpc) is 2.82. The third-order valence-electron chi connectivity index (χ3n) is 3.18. The second-order valence-electron chi connectivity index (χ2n) is 4.22. The van der Waals surface area contributed by atoms with Gasteiger partial charge in [-0.05, 0) is 31.0 Å². The normalized spacial score (nSPS) is 12.4. The van der Waals surface area contributed by atoms with Crippen molar-refractivity contribution in [2.75, 3.05) is 20.4 Å². The van der Waals surface area contributed by atoms with Crippen molar-refractivity contribution in [3.05, 3.63) is 41.7 Å². The molecule has 19 heavy (non-hydrogen) atoms. The zero-order valence-corrected chi connectivity index (χ0v) is 12.5. The van der Waals surface area contributed by atoms with E-state index in [-0.39, 0.29) is 6.04 Å². The summed E-state index contributed by atoms with van der Waals surface area (Å²) in [6.07, 6.45) is 3.82. The molecular formula is C14H19N3OS. The first-order chi connectivity index (χ1) is 9.21. The summed E-state index contributed by atoms with van der Waals surface area (Å²) < 4.78 is 7.24. The average molecular weight is 277 g/mol. The van der Waals surface area contributed by atoms with E-state index in [1.807, 2.05) is 18.8 Å². The summed E-state index contributed by atoms with van der Waals surface area (Å²) in [5.41, 5.74) is 2.23. The zero-order chi connectivity index (χ0) is 13.8. The maximum Gasteiger partial charge on any atom is 0.161 e. The van der Waals surface area contributed by atoms with Crippen molar-refractivity contribution < 1.29 is 4.74 Å². The number of nitrogens with one attached hydrogen (secondary N) is 1. The number of ether oxygens (including phenoxy) is 1.